The largest absolute Gasteiger partial charge is 0.497 e. The van der Waals surface area contributed by atoms with Crippen molar-refractivity contribution in [3.8, 4) is 5.75 Å². The average Bonchev–Trinajstić information content (AvgIpc) is 3.28. The van der Waals surface area contributed by atoms with Gasteiger partial charge in [-0.3, -0.25) is 9.59 Å². The van der Waals surface area contributed by atoms with Crippen molar-refractivity contribution in [3.63, 3.8) is 0 Å². The van der Waals surface area contributed by atoms with E-state index in [0.29, 0.717) is 16.1 Å². The number of thiophene rings is 1. The molecule has 0 atom stereocenters. The maximum atomic E-state index is 13.1. The van der Waals surface area contributed by atoms with Crippen LogP contribution in [-0.4, -0.2) is 24.3 Å². The second-order valence-corrected chi connectivity index (χ2v) is 9.09. The molecule has 2 aromatic carbocycles. The van der Waals surface area contributed by atoms with E-state index in [-0.39, 0.29) is 17.2 Å². The Hall–Kier alpha value is -3.38. The molecule has 158 valence electrons. The molecule has 5 nitrogen and oxygen atoms in total. The summed E-state index contributed by atoms with van der Waals surface area (Å²) in [6.07, 6.45) is 2.47. The fourth-order valence-corrected chi connectivity index (χ4v) is 4.34. The van der Waals surface area contributed by atoms with Gasteiger partial charge >= 0.3 is 0 Å². The van der Waals surface area contributed by atoms with Gasteiger partial charge in [-0.25, -0.2) is 0 Å². The van der Waals surface area contributed by atoms with Crippen LogP contribution < -0.4 is 15.4 Å². The van der Waals surface area contributed by atoms with Gasteiger partial charge in [0.2, 0.25) is 0 Å². The van der Waals surface area contributed by atoms with Crippen LogP contribution in [0, 0.1) is 0 Å². The van der Waals surface area contributed by atoms with Gasteiger partial charge in [0.15, 0.2) is 5.78 Å². The highest BCUT2D eigenvalue weighted by Gasteiger charge is 2.28. The number of methoxy groups -OCH3 is 1. The van der Waals surface area contributed by atoms with Crippen LogP contribution >= 0.6 is 11.3 Å². The topological polar surface area (TPSA) is 67.4 Å². The summed E-state index contributed by atoms with van der Waals surface area (Å²) in [4.78, 5) is 26.0. The Kier molecular flexibility index (Phi) is 5.65. The molecule has 1 aliphatic heterocycles. The van der Waals surface area contributed by atoms with Crippen molar-refractivity contribution in [2.24, 2.45) is 0 Å². The minimum atomic E-state index is -0.185. The van der Waals surface area contributed by atoms with Gasteiger partial charge in [-0.15, -0.1) is 11.3 Å². The van der Waals surface area contributed by atoms with Crippen molar-refractivity contribution in [1.82, 2.24) is 5.32 Å². The van der Waals surface area contributed by atoms with E-state index in [9.17, 15) is 9.59 Å². The summed E-state index contributed by atoms with van der Waals surface area (Å²) >= 11 is 1.37. The van der Waals surface area contributed by atoms with E-state index in [2.05, 4.69) is 30.5 Å². The lowest BCUT2D eigenvalue weighted by molar-refractivity contribution is 0.102. The Morgan fingerprint density at radius 2 is 1.97 bits per heavy atom. The molecule has 0 fully saturated rings. The number of amides is 1. The van der Waals surface area contributed by atoms with Crippen molar-refractivity contribution in [1.29, 1.82) is 0 Å². The lowest BCUT2D eigenvalue weighted by Crippen LogP contribution is -2.43. The van der Waals surface area contributed by atoms with Crippen LogP contribution in [0.2, 0.25) is 0 Å². The number of benzene rings is 2. The molecule has 0 radical (unpaired) electrons. The zero-order valence-electron chi connectivity index (χ0n) is 17.7. The molecule has 1 aromatic heterocycles. The van der Waals surface area contributed by atoms with E-state index in [1.807, 2.05) is 23.6 Å². The van der Waals surface area contributed by atoms with Crippen LogP contribution in [-0.2, 0) is 6.42 Å². The second kappa shape index (κ2) is 8.40. The zero-order valence-corrected chi connectivity index (χ0v) is 18.5. The van der Waals surface area contributed by atoms with Crippen LogP contribution in [0.1, 0.15) is 45.0 Å². The minimum absolute atomic E-state index is 0.138. The smallest absolute Gasteiger partial charge is 0.265 e. The van der Waals surface area contributed by atoms with Gasteiger partial charge in [-0.1, -0.05) is 24.3 Å². The molecule has 1 aliphatic rings. The Balaban J connectivity index is 1.62. The first-order valence-electron chi connectivity index (χ1n) is 10.0. The Morgan fingerprint density at radius 3 is 2.71 bits per heavy atom. The number of anilines is 1. The highest BCUT2D eigenvalue weighted by atomic mass is 32.1. The molecule has 0 bridgehead atoms. The minimum Gasteiger partial charge on any atom is -0.497 e. The van der Waals surface area contributed by atoms with Gasteiger partial charge < -0.3 is 15.4 Å². The number of carbonyl (C=O) groups is 2. The van der Waals surface area contributed by atoms with Crippen LogP contribution in [0.25, 0.3) is 5.70 Å². The summed E-state index contributed by atoms with van der Waals surface area (Å²) in [5.41, 5.74) is 3.82. The standard InChI is InChI=1S/C25H24N2O3S/c1-25(2)15-17-9-10-19(30-3)13-20(17)21(27-25)14-22(28)16-6-4-7-18(12-16)26-24(29)23-8-5-11-31-23/h4-14,27H,15H2,1-3H3,(H,26,29). The monoisotopic (exact) mass is 432 g/mol. The van der Waals surface area contributed by atoms with Gasteiger partial charge in [0.05, 0.1) is 12.0 Å². The molecule has 0 unspecified atom stereocenters. The molecule has 6 heteroatoms. The van der Waals surface area contributed by atoms with Crippen molar-refractivity contribution < 1.29 is 14.3 Å². The molecular formula is C25H24N2O3S. The van der Waals surface area contributed by atoms with Crippen molar-refractivity contribution in [3.05, 3.63) is 87.6 Å². The quantitative estimate of drug-likeness (QED) is 0.432. The van der Waals surface area contributed by atoms with Gasteiger partial charge in [0, 0.05) is 34.1 Å². The third-order valence-electron chi connectivity index (χ3n) is 5.14. The van der Waals surface area contributed by atoms with Gasteiger partial charge in [0.25, 0.3) is 5.91 Å². The van der Waals surface area contributed by atoms with E-state index in [0.717, 1.165) is 23.4 Å². The highest BCUT2D eigenvalue weighted by molar-refractivity contribution is 7.12. The molecule has 0 saturated carbocycles. The number of hydrogen-bond donors (Lipinski definition) is 2. The van der Waals surface area contributed by atoms with Crippen molar-refractivity contribution in [2.75, 3.05) is 12.4 Å². The fraction of sp³-hybridized carbons (Fsp3) is 0.200. The summed E-state index contributed by atoms with van der Waals surface area (Å²) < 4.78 is 5.37. The average molecular weight is 433 g/mol. The van der Waals surface area contributed by atoms with E-state index in [4.69, 9.17) is 4.74 Å². The maximum Gasteiger partial charge on any atom is 0.265 e. The number of nitrogens with one attached hydrogen (secondary N) is 2. The van der Waals surface area contributed by atoms with E-state index in [1.54, 1.807) is 43.5 Å². The molecule has 0 spiro atoms. The molecule has 3 aromatic rings. The van der Waals surface area contributed by atoms with Gasteiger partial charge in [-0.2, -0.15) is 0 Å². The number of carbonyl (C=O) groups excluding carboxylic acids is 2. The van der Waals surface area contributed by atoms with E-state index >= 15 is 0 Å². The summed E-state index contributed by atoms with van der Waals surface area (Å²) in [5.74, 6) is 0.424. The first-order chi connectivity index (χ1) is 14.8. The predicted octanol–water partition coefficient (Wildman–Crippen LogP) is 5.16. The number of ketones is 1. The predicted molar refractivity (Wildman–Crippen MR) is 125 cm³/mol. The number of allylic oxidation sites excluding steroid dienone is 1. The maximum absolute atomic E-state index is 13.1. The molecule has 1 amide bonds. The summed E-state index contributed by atoms with van der Waals surface area (Å²) in [6.45, 7) is 4.22. The molecule has 2 N–H and O–H groups in total. The number of hydrogen-bond acceptors (Lipinski definition) is 5. The first kappa shape index (κ1) is 20.9. The van der Waals surface area contributed by atoms with Crippen LogP contribution in [0.15, 0.2) is 66.1 Å². The number of fused-ring (bicyclic) bond motifs is 1. The van der Waals surface area contributed by atoms with Crippen LogP contribution in [0.3, 0.4) is 0 Å². The molecule has 31 heavy (non-hydrogen) atoms. The van der Waals surface area contributed by atoms with Crippen LogP contribution in [0.5, 0.6) is 5.75 Å². The van der Waals surface area contributed by atoms with Gasteiger partial charge in [0.1, 0.15) is 5.75 Å². The third kappa shape index (κ3) is 4.70. The Bertz CT molecular complexity index is 1160. The third-order valence-corrected chi connectivity index (χ3v) is 6.01. The SMILES string of the molecule is COc1ccc2c(c1)C(=CC(=O)c1cccc(NC(=O)c3cccs3)c1)NC(C)(C)C2. The summed E-state index contributed by atoms with van der Waals surface area (Å²) in [5, 5.41) is 8.19. The molecule has 0 saturated heterocycles. The normalized spacial score (nSPS) is 15.6. The lowest BCUT2D eigenvalue weighted by atomic mass is 9.85. The molecule has 4 rings (SSSR count). The van der Waals surface area contributed by atoms with Gasteiger partial charge in [-0.05, 0) is 61.5 Å². The fourth-order valence-electron chi connectivity index (χ4n) is 3.72. The highest BCUT2D eigenvalue weighted by Crippen LogP contribution is 2.32. The Labute approximate surface area is 185 Å². The van der Waals surface area contributed by atoms with Crippen molar-refractivity contribution in [2.45, 2.75) is 25.8 Å². The van der Waals surface area contributed by atoms with E-state index in [1.165, 1.54) is 16.9 Å². The molecule has 0 aliphatic carbocycles. The number of rotatable bonds is 5. The van der Waals surface area contributed by atoms with Crippen LogP contribution in [0.4, 0.5) is 5.69 Å². The van der Waals surface area contributed by atoms with E-state index < -0.39 is 0 Å². The zero-order chi connectivity index (χ0) is 22.0. The Morgan fingerprint density at radius 1 is 1.13 bits per heavy atom. The first-order valence-corrected chi connectivity index (χ1v) is 10.9. The number of ether oxygens (including phenoxy) is 1. The molecule has 2 heterocycles. The lowest BCUT2D eigenvalue weighted by Gasteiger charge is -2.35. The summed E-state index contributed by atoms with van der Waals surface area (Å²) in [6, 6.07) is 16.5. The second-order valence-electron chi connectivity index (χ2n) is 8.14. The summed E-state index contributed by atoms with van der Waals surface area (Å²) in [7, 11) is 1.63. The molecular weight excluding hydrogens is 408 g/mol. The van der Waals surface area contributed by atoms with Crippen molar-refractivity contribution >= 4 is 34.4 Å².